The molecule has 1 aliphatic rings. The molecule has 0 saturated carbocycles. The van der Waals surface area contributed by atoms with Crippen molar-refractivity contribution in [1.82, 2.24) is 14.6 Å². The predicted octanol–water partition coefficient (Wildman–Crippen LogP) is 0.0671. The number of esters is 1. The summed E-state index contributed by atoms with van der Waals surface area (Å²) in [4.78, 5) is 26.1. The molecule has 0 radical (unpaired) electrons. The van der Waals surface area contributed by atoms with E-state index in [-0.39, 0.29) is 18.8 Å². The Kier molecular flexibility index (Phi) is 2.94. The van der Waals surface area contributed by atoms with Gasteiger partial charge in [0.1, 0.15) is 12.4 Å². The molecule has 8 heteroatoms. The molecule has 0 N–H and O–H groups in total. The van der Waals surface area contributed by atoms with E-state index in [1.165, 1.54) is 0 Å². The van der Waals surface area contributed by atoms with E-state index >= 15 is 0 Å². The summed E-state index contributed by atoms with van der Waals surface area (Å²) in [5, 5.41) is 11.2. The zero-order valence-corrected chi connectivity index (χ0v) is 9.33. The molecular weight excluding hydrogens is 228 g/mol. The Bertz CT molecular complexity index is 456. The molecule has 1 aliphatic heterocycles. The van der Waals surface area contributed by atoms with Gasteiger partial charge in [0.15, 0.2) is 10.7 Å². The van der Waals surface area contributed by atoms with Gasteiger partial charge in [-0.25, -0.2) is 19.9 Å². The Balaban J connectivity index is 2.17. The van der Waals surface area contributed by atoms with Crippen molar-refractivity contribution in [2.45, 2.75) is 20.0 Å². The second-order valence-corrected chi connectivity index (χ2v) is 3.58. The van der Waals surface area contributed by atoms with Crippen LogP contribution in [0.4, 0.5) is 0 Å². The van der Waals surface area contributed by atoms with Crippen molar-refractivity contribution in [3.8, 4) is 0 Å². The quantitative estimate of drug-likeness (QED) is 0.421. The number of rotatable bonds is 3. The summed E-state index contributed by atoms with van der Waals surface area (Å²) in [5.74, 6) is 0.0121. The lowest BCUT2D eigenvalue weighted by atomic mass is 10.4. The Morgan fingerprint density at radius 2 is 2.41 bits per heavy atom. The first-order chi connectivity index (χ1) is 8.11. The first kappa shape index (κ1) is 11.4. The number of ether oxygens (including phenoxy) is 1. The zero-order chi connectivity index (χ0) is 12.4. The molecule has 1 aromatic heterocycles. The van der Waals surface area contributed by atoms with E-state index in [0.717, 1.165) is 5.01 Å². The second-order valence-electron chi connectivity index (χ2n) is 3.58. The van der Waals surface area contributed by atoms with Crippen LogP contribution in [0.15, 0.2) is 6.20 Å². The lowest BCUT2D eigenvalue weighted by Gasteiger charge is -2.20. The highest BCUT2D eigenvalue weighted by Gasteiger charge is 2.25. The molecule has 2 heterocycles. The minimum Gasteiger partial charge on any atom is -0.461 e. The van der Waals surface area contributed by atoms with Gasteiger partial charge in [0.25, 0.3) is 0 Å². The van der Waals surface area contributed by atoms with Gasteiger partial charge in [-0.2, -0.15) is 0 Å². The van der Waals surface area contributed by atoms with Crippen molar-refractivity contribution in [3.63, 3.8) is 0 Å². The number of carbonyl (C=O) groups excluding carboxylic acids is 1. The van der Waals surface area contributed by atoms with Gasteiger partial charge in [-0.1, -0.05) is 0 Å². The van der Waals surface area contributed by atoms with Crippen LogP contribution in [0.2, 0.25) is 0 Å². The highest BCUT2D eigenvalue weighted by atomic mass is 16.7. The van der Waals surface area contributed by atoms with Crippen molar-refractivity contribution < 1.29 is 14.6 Å². The maximum absolute atomic E-state index is 11.4. The number of nitrogens with zero attached hydrogens (tertiary/aromatic N) is 4. The van der Waals surface area contributed by atoms with E-state index < -0.39 is 11.0 Å². The van der Waals surface area contributed by atoms with Gasteiger partial charge in [0, 0.05) is 12.7 Å². The van der Waals surface area contributed by atoms with Crippen LogP contribution in [0.3, 0.4) is 0 Å². The van der Waals surface area contributed by atoms with Crippen molar-refractivity contribution in [2.75, 3.05) is 13.2 Å². The number of aromatic nitrogens is 2. The van der Waals surface area contributed by atoms with Crippen molar-refractivity contribution in [2.24, 2.45) is 0 Å². The van der Waals surface area contributed by atoms with Crippen LogP contribution in [0, 0.1) is 10.1 Å². The molecule has 0 saturated heterocycles. The van der Waals surface area contributed by atoms with Crippen LogP contribution in [-0.4, -0.2) is 38.7 Å². The fourth-order valence-corrected chi connectivity index (χ4v) is 1.68. The van der Waals surface area contributed by atoms with Gasteiger partial charge >= 0.3 is 5.97 Å². The van der Waals surface area contributed by atoms with E-state index in [0.29, 0.717) is 18.9 Å². The lowest BCUT2D eigenvalue weighted by Crippen LogP contribution is -2.37. The highest BCUT2D eigenvalue weighted by molar-refractivity contribution is 5.87. The highest BCUT2D eigenvalue weighted by Crippen LogP contribution is 2.13. The molecule has 8 nitrogen and oxygen atoms in total. The first-order valence-corrected chi connectivity index (χ1v) is 5.24. The third-order valence-electron chi connectivity index (χ3n) is 2.50. The molecule has 0 spiro atoms. The van der Waals surface area contributed by atoms with Gasteiger partial charge in [0.05, 0.1) is 13.2 Å². The van der Waals surface area contributed by atoms with Gasteiger partial charge in [0.2, 0.25) is 0 Å². The molecule has 0 aliphatic carbocycles. The van der Waals surface area contributed by atoms with Crippen LogP contribution < -0.4 is 0 Å². The van der Waals surface area contributed by atoms with Crippen LogP contribution >= 0.6 is 0 Å². The molecule has 2 rings (SSSR count). The standard InChI is InChI=1S/C9H12N4O4/c1-2-17-9(14)7-5-11-3-4-12(13(15)16)6-8(11)10-7/h5H,2-4,6H2,1H3. The van der Waals surface area contributed by atoms with E-state index in [2.05, 4.69) is 4.98 Å². The maximum atomic E-state index is 11.4. The summed E-state index contributed by atoms with van der Waals surface area (Å²) in [6.45, 7) is 2.85. The minimum atomic E-state index is -0.498. The molecule has 0 aromatic carbocycles. The normalized spacial score (nSPS) is 14.3. The number of hydrogen-bond acceptors (Lipinski definition) is 5. The number of fused-ring (bicyclic) bond motifs is 1. The fourth-order valence-electron chi connectivity index (χ4n) is 1.68. The van der Waals surface area contributed by atoms with E-state index in [4.69, 9.17) is 4.74 Å². The van der Waals surface area contributed by atoms with Crippen LogP contribution in [0.5, 0.6) is 0 Å². The Hall–Kier alpha value is -2.12. The average Bonchev–Trinajstić information content (AvgIpc) is 2.71. The van der Waals surface area contributed by atoms with Crippen molar-refractivity contribution in [3.05, 3.63) is 27.8 Å². The summed E-state index contributed by atoms with van der Waals surface area (Å²) in [6, 6.07) is 0. The Labute approximate surface area is 96.9 Å². The molecule has 0 unspecified atom stereocenters. The molecule has 0 amide bonds. The number of imidazole rings is 1. The number of hydrogen-bond donors (Lipinski definition) is 0. The maximum Gasteiger partial charge on any atom is 0.358 e. The van der Waals surface area contributed by atoms with Gasteiger partial charge in [-0.15, -0.1) is 5.01 Å². The monoisotopic (exact) mass is 240 g/mol. The Morgan fingerprint density at radius 1 is 1.65 bits per heavy atom. The summed E-state index contributed by atoms with van der Waals surface area (Å²) in [7, 11) is 0. The van der Waals surface area contributed by atoms with Gasteiger partial charge < -0.3 is 9.30 Å². The number of carbonyl (C=O) groups is 1. The molecule has 0 fully saturated rings. The molecule has 0 atom stereocenters. The van der Waals surface area contributed by atoms with Gasteiger partial charge in [-0.05, 0) is 6.92 Å². The molecular formula is C9H12N4O4. The summed E-state index contributed by atoms with van der Waals surface area (Å²) in [6.07, 6.45) is 1.57. The lowest BCUT2D eigenvalue weighted by molar-refractivity contribution is -0.661. The molecule has 92 valence electrons. The number of nitro groups is 1. The molecule has 17 heavy (non-hydrogen) atoms. The summed E-state index contributed by atoms with van der Waals surface area (Å²) < 4.78 is 6.56. The van der Waals surface area contributed by atoms with Crippen molar-refractivity contribution in [1.29, 1.82) is 0 Å². The zero-order valence-electron chi connectivity index (χ0n) is 9.33. The smallest absolute Gasteiger partial charge is 0.358 e. The van der Waals surface area contributed by atoms with Crippen LogP contribution in [0.1, 0.15) is 23.2 Å². The van der Waals surface area contributed by atoms with E-state index in [1.807, 2.05) is 0 Å². The second kappa shape index (κ2) is 4.40. The Morgan fingerprint density at radius 3 is 3.06 bits per heavy atom. The van der Waals surface area contributed by atoms with Crippen molar-refractivity contribution >= 4 is 5.97 Å². The summed E-state index contributed by atoms with van der Waals surface area (Å²) >= 11 is 0. The molecule has 1 aromatic rings. The minimum absolute atomic E-state index is 0.104. The third-order valence-corrected chi connectivity index (χ3v) is 2.50. The van der Waals surface area contributed by atoms with Crippen LogP contribution in [-0.2, 0) is 17.8 Å². The average molecular weight is 240 g/mol. The van der Waals surface area contributed by atoms with Gasteiger partial charge in [-0.3, -0.25) is 0 Å². The SMILES string of the molecule is CCOC(=O)c1cn2c(n1)CN([N+](=O)[O-])CC2. The fraction of sp³-hybridized carbons (Fsp3) is 0.556. The van der Waals surface area contributed by atoms with Crippen LogP contribution in [0.25, 0.3) is 0 Å². The third kappa shape index (κ3) is 2.19. The number of hydrazine groups is 1. The topological polar surface area (TPSA) is 90.5 Å². The summed E-state index contributed by atoms with van der Waals surface area (Å²) in [5.41, 5.74) is 0.201. The van der Waals surface area contributed by atoms with E-state index in [1.54, 1.807) is 17.7 Å². The molecule has 0 bridgehead atoms. The largest absolute Gasteiger partial charge is 0.461 e. The first-order valence-electron chi connectivity index (χ1n) is 5.24. The van der Waals surface area contributed by atoms with E-state index in [9.17, 15) is 14.9 Å². The predicted molar refractivity (Wildman–Crippen MR) is 55.6 cm³/mol.